The maximum Gasteiger partial charge on any atom is 0.416 e. The third kappa shape index (κ3) is 4.04. The van der Waals surface area contributed by atoms with Gasteiger partial charge < -0.3 is 10.4 Å². The molecule has 2 aromatic carbocycles. The first-order valence-electron chi connectivity index (χ1n) is 6.16. The van der Waals surface area contributed by atoms with Gasteiger partial charge in [0.05, 0.1) is 5.56 Å². The van der Waals surface area contributed by atoms with Crippen molar-refractivity contribution < 1.29 is 18.3 Å². The molecule has 0 saturated heterocycles. The summed E-state index contributed by atoms with van der Waals surface area (Å²) in [5.74, 6) is 0.0890. The molecule has 0 aromatic heterocycles. The molecule has 21 heavy (non-hydrogen) atoms. The lowest BCUT2D eigenvalue weighted by Crippen LogP contribution is -2.07. The SMILES string of the molecule is Cc1ccc(O)c(CNc2cc(Cl)cc(C(F)(F)F)c2)c1. The van der Waals surface area contributed by atoms with Crippen molar-refractivity contribution in [1.29, 1.82) is 0 Å². The first-order chi connectivity index (χ1) is 9.75. The zero-order valence-corrected chi connectivity index (χ0v) is 11.9. The standard InChI is InChI=1S/C15H13ClF3NO/c1-9-2-3-14(21)10(4-9)8-20-13-6-11(15(17,18)19)5-12(16)7-13/h2-7,20-21H,8H2,1H3. The summed E-state index contributed by atoms with van der Waals surface area (Å²) < 4.78 is 38.1. The molecule has 0 radical (unpaired) electrons. The summed E-state index contributed by atoms with van der Waals surface area (Å²) in [6.45, 7) is 2.06. The number of rotatable bonds is 3. The summed E-state index contributed by atoms with van der Waals surface area (Å²) >= 11 is 5.70. The number of anilines is 1. The number of phenolic OH excluding ortho intramolecular Hbond substituents is 1. The molecule has 0 aliphatic heterocycles. The molecular formula is C15H13ClF3NO. The molecule has 6 heteroatoms. The van der Waals surface area contributed by atoms with Crippen molar-refractivity contribution in [2.75, 3.05) is 5.32 Å². The minimum Gasteiger partial charge on any atom is -0.508 e. The zero-order valence-electron chi connectivity index (χ0n) is 11.1. The smallest absolute Gasteiger partial charge is 0.416 e. The molecule has 2 N–H and O–H groups in total. The Balaban J connectivity index is 2.20. The van der Waals surface area contributed by atoms with Crippen molar-refractivity contribution in [3.05, 3.63) is 58.1 Å². The van der Waals surface area contributed by atoms with Crippen LogP contribution in [0.2, 0.25) is 5.02 Å². The maximum atomic E-state index is 12.7. The van der Waals surface area contributed by atoms with E-state index in [9.17, 15) is 18.3 Å². The second kappa shape index (κ2) is 5.85. The number of halogens is 4. The maximum absolute atomic E-state index is 12.7. The molecule has 0 heterocycles. The van der Waals surface area contributed by atoms with Gasteiger partial charge >= 0.3 is 6.18 Å². The normalized spacial score (nSPS) is 11.5. The van der Waals surface area contributed by atoms with Crippen molar-refractivity contribution in [2.24, 2.45) is 0 Å². The summed E-state index contributed by atoms with van der Waals surface area (Å²) in [7, 11) is 0. The van der Waals surface area contributed by atoms with E-state index in [-0.39, 0.29) is 23.0 Å². The van der Waals surface area contributed by atoms with Crippen molar-refractivity contribution in [2.45, 2.75) is 19.6 Å². The minimum absolute atomic E-state index is 0.000731. The van der Waals surface area contributed by atoms with Crippen molar-refractivity contribution >= 4 is 17.3 Å². The number of nitrogens with one attached hydrogen (secondary N) is 1. The Morgan fingerprint density at radius 2 is 1.86 bits per heavy atom. The number of phenols is 1. The van der Waals surface area contributed by atoms with E-state index in [0.29, 0.717) is 5.56 Å². The van der Waals surface area contributed by atoms with Crippen LogP contribution in [-0.4, -0.2) is 5.11 Å². The highest BCUT2D eigenvalue weighted by Gasteiger charge is 2.31. The minimum atomic E-state index is -4.45. The molecule has 0 spiro atoms. The first-order valence-corrected chi connectivity index (χ1v) is 6.53. The lowest BCUT2D eigenvalue weighted by molar-refractivity contribution is -0.137. The van der Waals surface area contributed by atoms with Gasteiger partial charge in [-0.1, -0.05) is 29.3 Å². The average molecular weight is 316 g/mol. The van der Waals surface area contributed by atoms with E-state index >= 15 is 0 Å². The average Bonchev–Trinajstić information content (AvgIpc) is 2.38. The van der Waals surface area contributed by atoms with Gasteiger partial charge in [-0.25, -0.2) is 0 Å². The van der Waals surface area contributed by atoms with E-state index in [0.717, 1.165) is 17.7 Å². The van der Waals surface area contributed by atoms with Crippen LogP contribution in [0.3, 0.4) is 0 Å². The Kier molecular flexibility index (Phi) is 4.32. The van der Waals surface area contributed by atoms with Gasteiger partial charge in [0, 0.05) is 22.8 Å². The monoisotopic (exact) mass is 315 g/mol. The molecule has 0 amide bonds. The lowest BCUT2D eigenvalue weighted by Gasteiger charge is -2.12. The van der Waals surface area contributed by atoms with Crippen molar-refractivity contribution in [3.63, 3.8) is 0 Å². The van der Waals surface area contributed by atoms with Crippen molar-refractivity contribution in [1.82, 2.24) is 0 Å². The molecule has 0 aliphatic carbocycles. The highest BCUT2D eigenvalue weighted by molar-refractivity contribution is 6.30. The summed E-state index contributed by atoms with van der Waals surface area (Å²) in [6.07, 6.45) is -4.45. The summed E-state index contributed by atoms with van der Waals surface area (Å²) in [4.78, 5) is 0. The molecular weight excluding hydrogens is 303 g/mol. The van der Waals surface area contributed by atoms with Crippen LogP contribution < -0.4 is 5.32 Å². The summed E-state index contributed by atoms with van der Waals surface area (Å²) in [6, 6.07) is 8.32. The Morgan fingerprint density at radius 3 is 2.52 bits per heavy atom. The third-order valence-electron chi connectivity index (χ3n) is 2.94. The first kappa shape index (κ1) is 15.5. The second-order valence-corrected chi connectivity index (χ2v) is 5.15. The number of aryl methyl sites for hydroxylation is 1. The van der Waals surface area contributed by atoms with Crippen LogP contribution in [0.5, 0.6) is 5.75 Å². The lowest BCUT2D eigenvalue weighted by atomic mass is 10.1. The van der Waals surface area contributed by atoms with E-state index in [1.807, 2.05) is 6.92 Å². The highest BCUT2D eigenvalue weighted by atomic mass is 35.5. The molecule has 0 unspecified atom stereocenters. The Morgan fingerprint density at radius 1 is 1.14 bits per heavy atom. The van der Waals surface area contributed by atoms with E-state index < -0.39 is 11.7 Å². The summed E-state index contributed by atoms with van der Waals surface area (Å²) in [5.41, 5.74) is 0.983. The van der Waals surface area contributed by atoms with E-state index in [2.05, 4.69) is 5.32 Å². The quantitative estimate of drug-likeness (QED) is 0.836. The molecule has 0 saturated carbocycles. The van der Waals surface area contributed by atoms with Gasteiger partial charge in [0.25, 0.3) is 0 Å². The predicted octanol–water partition coefficient (Wildman–Crippen LogP) is 4.98. The molecule has 112 valence electrons. The van der Waals surface area contributed by atoms with Gasteiger partial charge in [0.15, 0.2) is 0 Å². The number of alkyl halides is 3. The van der Waals surface area contributed by atoms with Gasteiger partial charge in [-0.3, -0.25) is 0 Å². The van der Waals surface area contributed by atoms with Gasteiger partial charge in [0.2, 0.25) is 0 Å². The largest absolute Gasteiger partial charge is 0.508 e. The Hall–Kier alpha value is -1.88. The fraction of sp³-hybridized carbons (Fsp3) is 0.200. The number of hydrogen-bond donors (Lipinski definition) is 2. The molecule has 0 fully saturated rings. The molecule has 2 aromatic rings. The van der Waals surface area contributed by atoms with Crippen LogP contribution in [-0.2, 0) is 12.7 Å². The Bertz CT molecular complexity index is 656. The molecule has 2 nitrogen and oxygen atoms in total. The van der Waals surface area contributed by atoms with Gasteiger partial charge in [0.1, 0.15) is 5.75 Å². The van der Waals surface area contributed by atoms with Crippen molar-refractivity contribution in [3.8, 4) is 5.75 Å². The van der Waals surface area contributed by atoms with E-state index in [1.54, 1.807) is 18.2 Å². The third-order valence-corrected chi connectivity index (χ3v) is 3.16. The highest BCUT2D eigenvalue weighted by Crippen LogP contribution is 2.33. The van der Waals surface area contributed by atoms with Crippen LogP contribution in [0.15, 0.2) is 36.4 Å². The van der Waals surface area contributed by atoms with Crippen LogP contribution in [0.1, 0.15) is 16.7 Å². The molecule has 0 aliphatic rings. The van der Waals surface area contributed by atoms with Gasteiger partial charge in [-0.05, 0) is 31.2 Å². The fourth-order valence-corrected chi connectivity index (χ4v) is 2.14. The Labute approximate surface area is 125 Å². The van der Waals surface area contributed by atoms with E-state index in [4.69, 9.17) is 11.6 Å². The summed E-state index contributed by atoms with van der Waals surface area (Å²) in [5, 5.41) is 12.5. The second-order valence-electron chi connectivity index (χ2n) is 4.71. The van der Waals surface area contributed by atoms with Crippen LogP contribution in [0.4, 0.5) is 18.9 Å². The fourth-order valence-electron chi connectivity index (χ4n) is 1.91. The van der Waals surface area contributed by atoms with Gasteiger partial charge in [-0.2, -0.15) is 13.2 Å². The molecule has 0 bridgehead atoms. The molecule has 0 atom stereocenters. The molecule has 2 rings (SSSR count). The van der Waals surface area contributed by atoms with Crippen LogP contribution >= 0.6 is 11.6 Å². The number of benzene rings is 2. The number of aromatic hydroxyl groups is 1. The van der Waals surface area contributed by atoms with Gasteiger partial charge in [-0.15, -0.1) is 0 Å². The topological polar surface area (TPSA) is 32.3 Å². The zero-order chi connectivity index (χ0) is 15.6. The van der Waals surface area contributed by atoms with Crippen LogP contribution in [0.25, 0.3) is 0 Å². The van der Waals surface area contributed by atoms with Crippen LogP contribution in [0, 0.1) is 6.92 Å². The predicted molar refractivity (Wildman–Crippen MR) is 76.6 cm³/mol. The van der Waals surface area contributed by atoms with E-state index in [1.165, 1.54) is 6.07 Å². The number of hydrogen-bond acceptors (Lipinski definition) is 2.